The zero-order chi connectivity index (χ0) is 22.4. The molecule has 0 amide bonds. The Labute approximate surface area is 179 Å². The van der Waals surface area contributed by atoms with Crippen molar-refractivity contribution in [3.05, 3.63) is 59.9 Å². The molecule has 2 aromatic carbocycles. The van der Waals surface area contributed by atoms with Crippen molar-refractivity contribution in [1.29, 1.82) is 0 Å². The Morgan fingerprint density at radius 3 is 2.42 bits per heavy atom. The molecule has 0 aliphatic carbocycles. The topological polar surface area (TPSA) is 89.5 Å². The van der Waals surface area contributed by atoms with Crippen LogP contribution in [0, 0.1) is 0 Å². The second-order valence-corrected chi connectivity index (χ2v) is 6.31. The van der Waals surface area contributed by atoms with E-state index in [1.807, 2.05) is 0 Å². The molecule has 0 bridgehead atoms. The number of methoxy groups -OCH3 is 3. The van der Waals surface area contributed by atoms with Crippen LogP contribution in [-0.2, 0) is 9.53 Å². The van der Waals surface area contributed by atoms with Crippen molar-refractivity contribution < 1.29 is 38.0 Å². The maximum Gasteiger partial charge on any atom is 0.344 e. The molecule has 0 N–H and O–H groups in total. The third kappa shape index (κ3) is 4.80. The molecule has 0 aromatic heterocycles. The van der Waals surface area contributed by atoms with Crippen LogP contribution in [0.2, 0.25) is 0 Å². The van der Waals surface area contributed by atoms with Crippen molar-refractivity contribution in [2.45, 2.75) is 0 Å². The van der Waals surface area contributed by atoms with Gasteiger partial charge in [0.25, 0.3) is 0 Å². The lowest BCUT2D eigenvalue weighted by atomic mass is 10.1. The summed E-state index contributed by atoms with van der Waals surface area (Å²) in [5, 5.41) is 0. The Kier molecular flexibility index (Phi) is 6.81. The number of ether oxygens (including phenoxy) is 6. The van der Waals surface area contributed by atoms with Crippen molar-refractivity contribution in [2.75, 3.05) is 34.5 Å². The van der Waals surface area contributed by atoms with Crippen LogP contribution in [0.25, 0.3) is 6.08 Å². The van der Waals surface area contributed by atoms with Gasteiger partial charge in [0.05, 0.1) is 26.9 Å². The molecular formula is C23H22O8. The summed E-state index contributed by atoms with van der Waals surface area (Å²) in [7, 11) is 4.55. The van der Waals surface area contributed by atoms with Gasteiger partial charge in [0.2, 0.25) is 5.78 Å². The molecule has 8 nitrogen and oxygen atoms in total. The molecule has 0 fully saturated rings. The zero-order valence-corrected chi connectivity index (χ0v) is 17.4. The van der Waals surface area contributed by atoms with E-state index in [9.17, 15) is 9.59 Å². The molecule has 31 heavy (non-hydrogen) atoms. The van der Waals surface area contributed by atoms with Crippen LogP contribution < -0.4 is 23.7 Å². The van der Waals surface area contributed by atoms with Crippen molar-refractivity contribution in [2.24, 2.45) is 0 Å². The maximum absolute atomic E-state index is 12.8. The first-order valence-electron chi connectivity index (χ1n) is 9.28. The van der Waals surface area contributed by atoms with E-state index in [1.165, 1.54) is 27.4 Å². The number of hydrogen-bond acceptors (Lipinski definition) is 8. The number of hydrogen-bond donors (Lipinski definition) is 0. The number of Topliss-reactive ketones (excluding diaryl/α,β-unsaturated/α-hetero) is 1. The van der Waals surface area contributed by atoms with Gasteiger partial charge >= 0.3 is 5.97 Å². The maximum atomic E-state index is 12.8. The Bertz CT molecular complexity index is 1040. The minimum Gasteiger partial charge on any atom is -0.496 e. The highest BCUT2D eigenvalue weighted by Gasteiger charge is 2.28. The Hall–Kier alpha value is -3.94. The molecule has 0 saturated carbocycles. The minimum atomic E-state index is -0.529. The van der Waals surface area contributed by atoms with E-state index >= 15 is 0 Å². The third-order valence-corrected chi connectivity index (χ3v) is 4.38. The summed E-state index contributed by atoms with van der Waals surface area (Å²) in [6, 6.07) is 8.05. The predicted octanol–water partition coefficient (Wildman–Crippen LogP) is 3.44. The van der Waals surface area contributed by atoms with Crippen LogP contribution in [-0.4, -0.2) is 46.3 Å². The number of allylic oxidation sites excluding steroid dienone is 1. The van der Waals surface area contributed by atoms with Gasteiger partial charge in [0.1, 0.15) is 23.9 Å². The van der Waals surface area contributed by atoms with Crippen LogP contribution >= 0.6 is 0 Å². The van der Waals surface area contributed by atoms with Gasteiger partial charge in [-0.15, -0.1) is 0 Å². The first-order chi connectivity index (χ1) is 15.0. The number of carbonyl (C=O) groups is 2. The normalized spacial score (nSPS) is 13.3. The summed E-state index contributed by atoms with van der Waals surface area (Å²) in [4.78, 5) is 24.3. The average Bonchev–Trinajstić information content (AvgIpc) is 3.10. The van der Waals surface area contributed by atoms with Crippen LogP contribution in [0.15, 0.2) is 48.7 Å². The van der Waals surface area contributed by atoms with E-state index in [4.69, 9.17) is 28.4 Å². The standard InChI is InChI=1S/C23H22O8/c1-5-8-29-22(24)13-30-15-6-7-16-18(11-15)31-21(23(16)25)10-14-9-19(27-3)20(28-4)12-17(14)26-2/h5-7,9-12H,1,8,13H2,2-4H3. The Balaban J connectivity index is 1.82. The summed E-state index contributed by atoms with van der Waals surface area (Å²) in [6.07, 6.45) is 3.03. The Morgan fingerprint density at radius 1 is 1.03 bits per heavy atom. The number of ketones is 1. The van der Waals surface area contributed by atoms with Gasteiger partial charge in [-0.3, -0.25) is 4.79 Å². The Morgan fingerprint density at radius 2 is 1.74 bits per heavy atom. The zero-order valence-electron chi connectivity index (χ0n) is 17.4. The van der Waals surface area contributed by atoms with Gasteiger partial charge in [-0.05, 0) is 24.3 Å². The first-order valence-corrected chi connectivity index (χ1v) is 9.28. The fourth-order valence-corrected chi connectivity index (χ4v) is 2.90. The molecule has 162 valence electrons. The summed E-state index contributed by atoms with van der Waals surface area (Å²) in [5.74, 6) is 1.46. The van der Waals surface area contributed by atoms with Gasteiger partial charge < -0.3 is 28.4 Å². The summed E-state index contributed by atoms with van der Waals surface area (Å²) < 4.78 is 32.0. The van der Waals surface area contributed by atoms with E-state index in [1.54, 1.807) is 36.4 Å². The lowest BCUT2D eigenvalue weighted by molar-refractivity contribution is -0.144. The highest BCUT2D eigenvalue weighted by Crippen LogP contribution is 2.39. The van der Waals surface area contributed by atoms with Gasteiger partial charge in [0, 0.05) is 17.7 Å². The van der Waals surface area contributed by atoms with Gasteiger partial charge in [-0.2, -0.15) is 0 Å². The third-order valence-electron chi connectivity index (χ3n) is 4.38. The molecular weight excluding hydrogens is 404 g/mol. The van der Waals surface area contributed by atoms with Crippen molar-refractivity contribution in [3.8, 4) is 28.7 Å². The van der Waals surface area contributed by atoms with Crippen LogP contribution in [0.1, 0.15) is 15.9 Å². The van der Waals surface area contributed by atoms with E-state index in [0.29, 0.717) is 39.9 Å². The summed E-state index contributed by atoms with van der Waals surface area (Å²) in [5.41, 5.74) is 0.963. The molecule has 8 heteroatoms. The highest BCUT2D eigenvalue weighted by atomic mass is 16.6. The monoisotopic (exact) mass is 426 g/mol. The SMILES string of the molecule is C=CCOC(=O)COc1ccc2c(c1)OC(=Cc1cc(OC)c(OC)cc1OC)C2=O. The number of rotatable bonds is 9. The molecule has 2 aromatic rings. The highest BCUT2D eigenvalue weighted by molar-refractivity contribution is 6.14. The fraction of sp³-hybridized carbons (Fsp3) is 0.217. The second kappa shape index (κ2) is 9.71. The van der Waals surface area contributed by atoms with Crippen LogP contribution in [0.3, 0.4) is 0 Å². The van der Waals surface area contributed by atoms with E-state index in [0.717, 1.165) is 0 Å². The average molecular weight is 426 g/mol. The summed E-state index contributed by atoms with van der Waals surface area (Å²) in [6.45, 7) is 3.31. The molecule has 3 rings (SSSR count). The van der Waals surface area contributed by atoms with Crippen LogP contribution in [0.5, 0.6) is 28.7 Å². The molecule has 0 atom stereocenters. The van der Waals surface area contributed by atoms with Crippen molar-refractivity contribution >= 4 is 17.8 Å². The first kappa shape index (κ1) is 21.8. The number of benzene rings is 2. The molecule has 1 aliphatic heterocycles. The van der Waals surface area contributed by atoms with Crippen molar-refractivity contribution in [3.63, 3.8) is 0 Å². The minimum absolute atomic E-state index is 0.109. The largest absolute Gasteiger partial charge is 0.496 e. The van der Waals surface area contributed by atoms with Crippen molar-refractivity contribution in [1.82, 2.24) is 0 Å². The number of carbonyl (C=O) groups excluding carboxylic acids is 2. The van der Waals surface area contributed by atoms with Gasteiger partial charge in [-0.25, -0.2) is 4.79 Å². The summed E-state index contributed by atoms with van der Waals surface area (Å²) >= 11 is 0. The quantitative estimate of drug-likeness (QED) is 0.342. The van der Waals surface area contributed by atoms with Gasteiger partial charge in [0.15, 0.2) is 23.9 Å². The molecule has 0 spiro atoms. The second-order valence-electron chi connectivity index (χ2n) is 6.31. The fourth-order valence-electron chi connectivity index (χ4n) is 2.90. The smallest absolute Gasteiger partial charge is 0.344 e. The van der Waals surface area contributed by atoms with E-state index < -0.39 is 5.97 Å². The molecule has 0 saturated heterocycles. The van der Waals surface area contributed by atoms with E-state index in [-0.39, 0.29) is 24.8 Å². The van der Waals surface area contributed by atoms with E-state index in [2.05, 4.69) is 6.58 Å². The lowest BCUT2D eigenvalue weighted by Crippen LogP contribution is -2.14. The molecule has 1 heterocycles. The number of esters is 1. The van der Waals surface area contributed by atoms with Gasteiger partial charge in [-0.1, -0.05) is 12.7 Å². The molecule has 0 unspecified atom stereocenters. The molecule has 1 aliphatic rings. The van der Waals surface area contributed by atoms with Crippen LogP contribution in [0.4, 0.5) is 0 Å². The predicted molar refractivity (Wildman–Crippen MR) is 112 cm³/mol. The number of fused-ring (bicyclic) bond motifs is 1. The molecule has 0 radical (unpaired) electrons. The lowest BCUT2D eigenvalue weighted by Gasteiger charge is -2.12.